The van der Waals surface area contributed by atoms with Crippen LogP contribution in [-0.4, -0.2) is 9.97 Å². The van der Waals surface area contributed by atoms with Crippen molar-refractivity contribution in [3.63, 3.8) is 0 Å². The van der Waals surface area contributed by atoms with Gasteiger partial charge in [-0.15, -0.1) is 0 Å². The zero-order valence-corrected chi connectivity index (χ0v) is 16.1. The first-order valence-corrected chi connectivity index (χ1v) is 9.48. The summed E-state index contributed by atoms with van der Waals surface area (Å²) in [6, 6.07) is 18.1. The molecule has 0 aliphatic carbocycles. The molecule has 3 rings (SSSR count). The molecular formula is C21H20N4OS. The highest BCUT2D eigenvalue weighted by molar-refractivity contribution is 7.98. The highest BCUT2D eigenvalue weighted by Gasteiger charge is 2.14. The van der Waals surface area contributed by atoms with Crippen LogP contribution in [0.25, 0.3) is 0 Å². The third kappa shape index (κ3) is 4.78. The lowest BCUT2D eigenvalue weighted by Crippen LogP contribution is -2.08. The summed E-state index contributed by atoms with van der Waals surface area (Å²) < 4.78 is 5.85. The van der Waals surface area contributed by atoms with Crippen molar-refractivity contribution in [2.24, 2.45) is 0 Å². The number of ether oxygens (including phenoxy) is 1. The molecule has 0 spiro atoms. The molecule has 0 saturated carbocycles. The van der Waals surface area contributed by atoms with Crippen LogP contribution in [0.5, 0.6) is 5.75 Å². The van der Waals surface area contributed by atoms with Crippen molar-refractivity contribution >= 4 is 17.6 Å². The van der Waals surface area contributed by atoms with Gasteiger partial charge < -0.3 is 10.5 Å². The van der Waals surface area contributed by atoms with Crippen LogP contribution < -0.4 is 10.5 Å². The first kappa shape index (κ1) is 18.7. The second kappa shape index (κ2) is 8.56. The number of hydrogen-bond acceptors (Lipinski definition) is 6. The zero-order valence-electron chi connectivity index (χ0n) is 15.3. The highest BCUT2D eigenvalue weighted by Crippen LogP contribution is 2.24. The number of nitrogens with two attached hydrogens (primary N) is 1. The van der Waals surface area contributed by atoms with E-state index in [0.717, 1.165) is 17.1 Å². The van der Waals surface area contributed by atoms with Crippen molar-refractivity contribution < 1.29 is 4.74 Å². The van der Waals surface area contributed by atoms with E-state index >= 15 is 0 Å². The van der Waals surface area contributed by atoms with E-state index in [1.807, 2.05) is 31.2 Å². The van der Waals surface area contributed by atoms with Crippen LogP contribution in [0.1, 0.15) is 27.9 Å². The van der Waals surface area contributed by atoms with Gasteiger partial charge in [0, 0.05) is 5.75 Å². The molecular weight excluding hydrogens is 356 g/mol. The van der Waals surface area contributed by atoms with Gasteiger partial charge in [0.05, 0.1) is 0 Å². The minimum absolute atomic E-state index is 0.165. The predicted octanol–water partition coefficient (Wildman–Crippen LogP) is 4.42. The Balaban J connectivity index is 1.77. The Morgan fingerprint density at radius 1 is 1.07 bits per heavy atom. The number of thioether (sulfide) groups is 1. The van der Waals surface area contributed by atoms with Gasteiger partial charge in [0.1, 0.15) is 35.5 Å². The number of nitrogen functional groups attached to an aromatic ring is 1. The van der Waals surface area contributed by atoms with Crippen LogP contribution in [0, 0.1) is 25.2 Å². The van der Waals surface area contributed by atoms with Gasteiger partial charge in [-0.25, -0.2) is 9.97 Å². The molecule has 2 aromatic carbocycles. The smallest absolute Gasteiger partial charge is 0.190 e. The van der Waals surface area contributed by atoms with Crippen molar-refractivity contribution in [2.75, 3.05) is 5.73 Å². The Hall–Kier alpha value is -3.04. The molecule has 0 fully saturated rings. The molecule has 1 heterocycles. The SMILES string of the molecule is Cc1ccc(CSc2nc(N)c(C#N)c(COc3ccccc3C)n2)cc1. The molecule has 5 nitrogen and oxygen atoms in total. The van der Waals surface area contributed by atoms with Crippen LogP contribution >= 0.6 is 11.8 Å². The van der Waals surface area contributed by atoms with Gasteiger partial charge in [0.2, 0.25) is 0 Å². The number of rotatable bonds is 6. The van der Waals surface area contributed by atoms with Crippen molar-refractivity contribution in [1.82, 2.24) is 9.97 Å². The van der Waals surface area contributed by atoms with E-state index in [2.05, 4.69) is 47.2 Å². The summed E-state index contributed by atoms with van der Waals surface area (Å²) in [5.74, 6) is 1.67. The molecule has 0 saturated heterocycles. The van der Waals surface area contributed by atoms with Crippen molar-refractivity contribution in [3.05, 3.63) is 76.5 Å². The first-order chi connectivity index (χ1) is 13.1. The summed E-state index contributed by atoms with van der Waals surface area (Å²) in [6.45, 7) is 4.19. The number of aromatic nitrogens is 2. The third-order valence-electron chi connectivity index (χ3n) is 4.05. The normalized spacial score (nSPS) is 10.4. The lowest BCUT2D eigenvalue weighted by molar-refractivity contribution is 0.297. The quantitative estimate of drug-likeness (QED) is 0.506. The lowest BCUT2D eigenvalue weighted by atomic mass is 10.2. The number of anilines is 1. The van der Waals surface area contributed by atoms with Crippen molar-refractivity contribution in [2.45, 2.75) is 31.4 Å². The van der Waals surface area contributed by atoms with Gasteiger partial charge in [-0.1, -0.05) is 59.8 Å². The highest BCUT2D eigenvalue weighted by atomic mass is 32.2. The van der Waals surface area contributed by atoms with Crippen LogP contribution in [0.2, 0.25) is 0 Å². The molecule has 3 aromatic rings. The van der Waals surface area contributed by atoms with Crippen LogP contribution in [-0.2, 0) is 12.4 Å². The number of benzene rings is 2. The van der Waals surface area contributed by atoms with E-state index in [4.69, 9.17) is 10.5 Å². The standard InChI is InChI=1S/C21H20N4OS/c1-14-7-9-16(10-8-14)13-27-21-24-18(17(11-22)20(23)25-21)12-26-19-6-4-3-5-15(19)2/h3-10H,12-13H2,1-2H3,(H2,23,24,25). The van der Waals surface area contributed by atoms with E-state index in [-0.39, 0.29) is 18.0 Å². The predicted molar refractivity (Wildman–Crippen MR) is 107 cm³/mol. The molecule has 27 heavy (non-hydrogen) atoms. The Kier molecular flexibility index (Phi) is 5.94. The molecule has 2 N–H and O–H groups in total. The number of nitrogens with zero attached hydrogens (tertiary/aromatic N) is 3. The molecule has 136 valence electrons. The molecule has 0 atom stereocenters. The average Bonchev–Trinajstić information content (AvgIpc) is 2.67. The molecule has 0 aliphatic rings. The van der Waals surface area contributed by atoms with Crippen molar-refractivity contribution in [1.29, 1.82) is 5.26 Å². The Morgan fingerprint density at radius 2 is 1.81 bits per heavy atom. The van der Waals surface area contributed by atoms with Gasteiger partial charge >= 0.3 is 0 Å². The first-order valence-electron chi connectivity index (χ1n) is 8.50. The summed E-state index contributed by atoms with van der Waals surface area (Å²) in [7, 11) is 0. The van der Waals surface area contributed by atoms with Crippen LogP contribution in [0.4, 0.5) is 5.82 Å². The molecule has 0 aliphatic heterocycles. The number of nitriles is 1. The second-order valence-corrected chi connectivity index (χ2v) is 7.10. The Morgan fingerprint density at radius 3 is 2.52 bits per heavy atom. The maximum atomic E-state index is 9.40. The van der Waals surface area contributed by atoms with E-state index in [1.54, 1.807) is 0 Å². The minimum atomic E-state index is 0.165. The van der Waals surface area contributed by atoms with Crippen LogP contribution in [0.3, 0.4) is 0 Å². The molecule has 0 unspecified atom stereocenters. The monoisotopic (exact) mass is 376 g/mol. The van der Waals surface area contributed by atoms with Gasteiger partial charge in [0.25, 0.3) is 0 Å². The summed E-state index contributed by atoms with van der Waals surface area (Å²) in [4.78, 5) is 8.77. The number of aryl methyl sites for hydroxylation is 2. The Bertz CT molecular complexity index is 980. The van der Waals surface area contributed by atoms with E-state index in [0.29, 0.717) is 10.9 Å². The van der Waals surface area contributed by atoms with Gasteiger partial charge in [-0.2, -0.15) is 5.26 Å². The average molecular weight is 376 g/mol. The van der Waals surface area contributed by atoms with Gasteiger partial charge in [-0.05, 0) is 31.0 Å². The summed E-state index contributed by atoms with van der Waals surface area (Å²) >= 11 is 1.48. The maximum Gasteiger partial charge on any atom is 0.190 e. The van der Waals surface area contributed by atoms with E-state index in [1.165, 1.54) is 22.9 Å². The minimum Gasteiger partial charge on any atom is -0.487 e. The van der Waals surface area contributed by atoms with Gasteiger partial charge in [-0.3, -0.25) is 0 Å². The fraction of sp³-hybridized carbons (Fsp3) is 0.190. The zero-order chi connectivity index (χ0) is 19.2. The summed E-state index contributed by atoms with van der Waals surface area (Å²) in [5, 5.41) is 9.94. The summed E-state index contributed by atoms with van der Waals surface area (Å²) in [5.41, 5.74) is 10.2. The third-order valence-corrected chi connectivity index (χ3v) is 4.97. The number of hydrogen-bond donors (Lipinski definition) is 1. The fourth-order valence-corrected chi connectivity index (χ4v) is 3.32. The second-order valence-electron chi connectivity index (χ2n) is 6.15. The van der Waals surface area contributed by atoms with E-state index < -0.39 is 0 Å². The molecule has 1 aromatic heterocycles. The van der Waals surface area contributed by atoms with Crippen LogP contribution in [0.15, 0.2) is 53.7 Å². The molecule has 0 radical (unpaired) electrons. The lowest BCUT2D eigenvalue weighted by Gasteiger charge is -2.11. The van der Waals surface area contributed by atoms with E-state index in [9.17, 15) is 5.26 Å². The van der Waals surface area contributed by atoms with Crippen molar-refractivity contribution in [3.8, 4) is 11.8 Å². The fourth-order valence-electron chi connectivity index (χ4n) is 2.49. The largest absolute Gasteiger partial charge is 0.487 e. The topological polar surface area (TPSA) is 84.8 Å². The number of para-hydroxylation sites is 1. The summed E-state index contributed by atoms with van der Waals surface area (Å²) in [6.07, 6.45) is 0. The molecule has 6 heteroatoms. The molecule has 0 bridgehead atoms. The molecule has 0 amide bonds. The van der Waals surface area contributed by atoms with Gasteiger partial charge in [0.15, 0.2) is 5.16 Å². The maximum absolute atomic E-state index is 9.40. The Labute approximate surface area is 163 Å².